The van der Waals surface area contributed by atoms with Crippen molar-refractivity contribution in [1.82, 2.24) is 4.72 Å². The van der Waals surface area contributed by atoms with Crippen molar-refractivity contribution >= 4 is 21.6 Å². The zero-order valence-electron chi connectivity index (χ0n) is 9.95. The summed E-state index contributed by atoms with van der Waals surface area (Å²) in [5.74, 6) is 0. The van der Waals surface area contributed by atoms with E-state index in [2.05, 4.69) is 21.7 Å². The van der Waals surface area contributed by atoms with E-state index in [-0.39, 0.29) is 0 Å². The number of nitrogens with one attached hydrogen (secondary N) is 3. The van der Waals surface area contributed by atoms with E-state index in [4.69, 9.17) is 0 Å². The molecular formula is C11H17N3O2S. The number of aryl methyl sites for hydroxylation is 1. The third kappa shape index (κ3) is 2.70. The highest BCUT2D eigenvalue weighted by molar-refractivity contribution is 7.90. The van der Waals surface area contributed by atoms with Crippen LogP contribution in [0.5, 0.6) is 0 Å². The van der Waals surface area contributed by atoms with Crippen molar-refractivity contribution in [3.63, 3.8) is 0 Å². The van der Waals surface area contributed by atoms with E-state index >= 15 is 0 Å². The van der Waals surface area contributed by atoms with Crippen molar-refractivity contribution in [3.8, 4) is 0 Å². The molecule has 17 heavy (non-hydrogen) atoms. The summed E-state index contributed by atoms with van der Waals surface area (Å²) >= 11 is 0. The topological polar surface area (TPSA) is 70.2 Å². The molecule has 1 heterocycles. The molecule has 1 aromatic carbocycles. The molecule has 1 unspecified atom stereocenters. The molecule has 94 valence electrons. The second kappa shape index (κ2) is 4.54. The Morgan fingerprint density at radius 3 is 2.88 bits per heavy atom. The number of para-hydroxylation sites is 1. The molecule has 1 aromatic rings. The predicted molar refractivity (Wildman–Crippen MR) is 69.4 cm³/mol. The van der Waals surface area contributed by atoms with Crippen LogP contribution in [0.3, 0.4) is 0 Å². The fraction of sp³-hybridized carbons (Fsp3) is 0.455. The lowest BCUT2D eigenvalue weighted by atomic mass is 9.98. The Morgan fingerprint density at radius 1 is 1.41 bits per heavy atom. The van der Waals surface area contributed by atoms with Gasteiger partial charge in [-0.15, -0.1) is 0 Å². The molecule has 0 fully saturated rings. The molecule has 6 heteroatoms. The van der Waals surface area contributed by atoms with Gasteiger partial charge in [-0.2, -0.15) is 8.42 Å². The van der Waals surface area contributed by atoms with E-state index in [0.717, 1.165) is 24.1 Å². The second-order valence-electron chi connectivity index (χ2n) is 4.23. The Bertz CT molecular complexity index is 513. The SMILES string of the molecule is CNS(=O)(=O)Nc1cccc2c1NC(C)CC2. The van der Waals surface area contributed by atoms with Crippen molar-refractivity contribution in [2.45, 2.75) is 25.8 Å². The third-order valence-electron chi connectivity index (χ3n) is 2.90. The first-order chi connectivity index (χ1) is 8.02. The number of benzene rings is 1. The normalized spacial score (nSPS) is 19.3. The summed E-state index contributed by atoms with van der Waals surface area (Å²) in [6.45, 7) is 2.09. The standard InChI is InChI=1S/C11H17N3O2S/c1-8-6-7-9-4-3-5-10(11(9)13-8)14-17(15,16)12-2/h3-5,8,12-14H,6-7H2,1-2H3. The van der Waals surface area contributed by atoms with Crippen LogP contribution in [0, 0.1) is 0 Å². The summed E-state index contributed by atoms with van der Waals surface area (Å²) in [6, 6.07) is 6.01. The molecule has 0 radical (unpaired) electrons. The second-order valence-corrected chi connectivity index (χ2v) is 5.85. The molecule has 1 atom stereocenters. The molecule has 0 saturated heterocycles. The smallest absolute Gasteiger partial charge is 0.298 e. The monoisotopic (exact) mass is 255 g/mol. The zero-order chi connectivity index (χ0) is 12.5. The Hall–Kier alpha value is -1.27. The van der Waals surface area contributed by atoms with Gasteiger partial charge < -0.3 is 5.32 Å². The minimum absolute atomic E-state index is 0.364. The van der Waals surface area contributed by atoms with Crippen LogP contribution in [0.2, 0.25) is 0 Å². The van der Waals surface area contributed by atoms with Crippen LogP contribution in [-0.4, -0.2) is 21.5 Å². The first-order valence-electron chi connectivity index (χ1n) is 5.61. The maximum atomic E-state index is 11.5. The summed E-state index contributed by atoms with van der Waals surface area (Å²) in [7, 11) is -2.08. The number of hydrogen-bond donors (Lipinski definition) is 3. The lowest BCUT2D eigenvalue weighted by Gasteiger charge is -2.26. The Morgan fingerprint density at radius 2 is 2.18 bits per heavy atom. The van der Waals surface area contributed by atoms with Crippen LogP contribution in [0.25, 0.3) is 0 Å². The Labute approximate surface area is 102 Å². The summed E-state index contributed by atoms with van der Waals surface area (Å²) < 4.78 is 27.7. The van der Waals surface area contributed by atoms with Crippen LogP contribution in [0.15, 0.2) is 18.2 Å². The van der Waals surface area contributed by atoms with E-state index in [1.165, 1.54) is 7.05 Å². The number of anilines is 2. The average molecular weight is 255 g/mol. The third-order valence-corrected chi connectivity index (χ3v) is 3.93. The van der Waals surface area contributed by atoms with Crippen LogP contribution in [0.4, 0.5) is 11.4 Å². The maximum Gasteiger partial charge on any atom is 0.298 e. The van der Waals surface area contributed by atoms with Crippen LogP contribution in [0.1, 0.15) is 18.9 Å². The summed E-state index contributed by atoms with van der Waals surface area (Å²) in [4.78, 5) is 0. The Kier molecular flexibility index (Phi) is 3.26. The molecule has 2 rings (SSSR count). The highest BCUT2D eigenvalue weighted by atomic mass is 32.2. The molecule has 1 aliphatic heterocycles. The maximum absolute atomic E-state index is 11.5. The van der Waals surface area contributed by atoms with E-state index in [9.17, 15) is 8.42 Å². The quantitative estimate of drug-likeness (QED) is 0.762. The summed E-state index contributed by atoms with van der Waals surface area (Å²) in [6.07, 6.45) is 2.04. The Balaban J connectivity index is 2.36. The highest BCUT2D eigenvalue weighted by Crippen LogP contribution is 2.32. The van der Waals surface area contributed by atoms with Gasteiger partial charge in [0.25, 0.3) is 10.2 Å². The van der Waals surface area contributed by atoms with E-state index in [1.807, 2.05) is 12.1 Å². The van der Waals surface area contributed by atoms with Gasteiger partial charge in [0.15, 0.2) is 0 Å². The van der Waals surface area contributed by atoms with E-state index in [1.54, 1.807) is 6.07 Å². The highest BCUT2D eigenvalue weighted by Gasteiger charge is 2.18. The lowest BCUT2D eigenvalue weighted by Crippen LogP contribution is -2.28. The molecule has 0 spiro atoms. The average Bonchev–Trinajstić information content (AvgIpc) is 2.30. The fourth-order valence-corrected chi connectivity index (χ4v) is 2.51. The van der Waals surface area contributed by atoms with Crippen LogP contribution >= 0.6 is 0 Å². The van der Waals surface area contributed by atoms with Crippen LogP contribution < -0.4 is 14.8 Å². The van der Waals surface area contributed by atoms with E-state index in [0.29, 0.717) is 11.7 Å². The first kappa shape index (κ1) is 12.2. The van der Waals surface area contributed by atoms with Gasteiger partial charge >= 0.3 is 0 Å². The summed E-state index contributed by atoms with van der Waals surface area (Å²) in [5, 5.41) is 3.32. The number of fused-ring (bicyclic) bond motifs is 1. The molecule has 3 N–H and O–H groups in total. The van der Waals surface area contributed by atoms with Crippen molar-refractivity contribution < 1.29 is 8.42 Å². The molecule has 5 nitrogen and oxygen atoms in total. The van der Waals surface area contributed by atoms with Gasteiger partial charge in [-0.05, 0) is 31.4 Å². The first-order valence-corrected chi connectivity index (χ1v) is 7.10. The molecular weight excluding hydrogens is 238 g/mol. The molecule has 0 bridgehead atoms. The van der Waals surface area contributed by atoms with Gasteiger partial charge in [0, 0.05) is 13.1 Å². The molecule has 0 amide bonds. The molecule has 0 saturated carbocycles. The minimum Gasteiger partial charge on any atom is -0.381 e. The van der Waals surface area contributed by atoms with Crippen molar-refractivity contribution in [2.75, 3.05) is 17.1 Å². The van der Waals surface area contributed by atoms with E-state index < -0.39 is 10.2 Å². The van der Waals surface area contributed by atoms with Crippen molar-refractivity contribution in [1.29, 1.82) is 0 Å². The number of rotatable bonds is 3. The summed E-state index contributed by atoms with van der Waals surface area (Å²) in [5.41, 5.74) is 2.65. The van der Waals surface area contributed by atoms with Gasteiger partial charge in [-0.25, -0.2) is 4.72 Å². The zero-order valence-corrected chi connectivity index (χ0v) is 10.8. The van der Waals surface area contributed by atoms with Gasteiger partial charge in [0.2, 0.25) is 0 Å². The fourth-order valence-electron chi connectivity index (χ4n) is 1.95. The molecule has 0 aliphatic carbocycles. The largest absolute Gasteiger partial charge is 0.381 e. The molecule has 1 aliphatic rings. The predicted octanol–water partition coefficient (Wildman–Crippen LogP) is 1.31. The lowest BCUT2D eigenvalue weighted by molar-refractivity contribution is 0.593. The minimum atomic E-state index is -3.46. The van der Waals surface area contributed by atoms with Gasteiger partial charge in [-0.3, -0.25) is 4.72 Å². The van der Waals surface area contributed by atoms with Gasteiger partial charge in [-0.1, -0.05) is 12.1 Å². The van der Waals surface area contributed by atoms with Crippen molar-refractivity contribution in [2.24, 2.45) is 0 Å². The van der Waals surface area contributed by atoms with Crippen LogP contribution in [-0.2, 0) is 16.6 Å². The molecule has 0 aromatic heterocycles. The van der Waals surface area contributed by atoms with Crippen molar-refractivity contribution in [3.05, 3.63) is 23.8 Å². The number of hydrogen-bond acceptors (Lipinski definition) is 3. The van der Waals surface area contributed by atoms with Gasteiger partial charge in [0.1, 0.15) is 0 Å². The van der Waals surface area contributed by atoms with Gasteiger partial charge in [0.05, 0.1) is 11.4 Å².